The first kappa shape index (κ1) is 11.2. The summed E-state index contributed by atoms with van der Waals surface area (Å²) in [5.41, 5.74) is -0.403. The number of amides is 1. The first-order valence-electron chi connectivity index (χ1n) is 5.60. The van der Waals surface area contributed by atoms with E-state index in [1.807, 2.05) is 17.5 Å². The Labute approximate surface area is 100 Å². The van der Waals surface area contributed by atoms with Crippen LogP contribution < -0.4 is 5.32 Å². The first-order chi connectivity index (χ1) is 7.76. The third-order valence-electron chi connectivity index (χ3n) is 3.08. The van der Waals surface area contributed by atoms with Crippen LogP contribution in [0.5, 0.6) is 0 Å². The molecule has 0 atom stereocenters. The highest BCUT2D eigenvalue weighted by atomic mass is 32.1. The molecule has 1 aliphatic rings. The lowest BCUT2D eigenvalue weighted by atomic mass is 9.82. The van der Waals surface area contributed by atoms with Gasteiger partial charge >= 0.3 is 0 Å². The summed E-state index contributed by atoms with van der Waals surface area (Å²) in [6.07, 6.45) is 10.8. The van der Waals surface area contributed by atoms with E-state index >= 15 is 0 Å². The van der Waals surface area contributed by atoms with Gasteiger partial charge in [-0.05, 0) is 24.3 Å². The molecule has 0 aliphatic heterocycles. The summed E-state index contributed by atoms with van der Waals surface area (Å²) >= 11 is 1.45. The van der Waals surface area contributed by atoms with E-state index in [1.54, 1.807) is 0 Å². The van der Waals surface area contributed by atoms with Gasteiger partial charge in [0.15, 0.2) is 0 Å². The second-order valence-corrected chi connectivity index (χ2v) is 5.17. The van der Waals surface area contributed by atoms with Gasteiger partial charge in [-0.1, -0.05) is 31.2 Å². The van der Waals surface area contributed by atoms with Gasteiger partial charge in [0.05, 0.1) is 4.88 Å². The molecular formula is C13H15NOS. The van der Waals surface area contributed by atoms with Crippen molar-refractivity contribution < 1.29 is 4.79 Å². The van der Waals surface area contributed by atoms with E-state index in [1.165, 1.54) is 17.8 Å². The van der Waals surface area contributed by atoms with Gasteiger partial charge in [-0.15, -0.1) is 17.8 Å². The summed E-state index contributed by atoms with van der Waals surface area (Å²) in [4.78, 5) is 12.7. The lowest BCUT2D eigenvalue weighted by molar-refractivity contribution is 0.0908. The van der Waals surface area contributed by atoms with Crippen molar-refractivity contribution in [3.05, 3.63) is 22.4 Å². The van der Waals surface area contributed by atoms with Crippen LogP contribution in [0.15, 0.2) is 17.5 Å². The van der Waals surface area contributed by atoms with Crippen molar-refractivity contribution in [1.29, 1.82) is 0 Å². The number of rotatable bonds is 2. The second kappa shape index (κ2) is 4.71. The van der Waals surface area contributed by atoms with Gasteiger partial charge in [-0.25, -0.2) is 0 Å². The van der Waals surface area contributed by atoms with Crippen LogP contribution in [-0.2, 0) is 0 Å². The summed E-state index contributed by atoms with van der Waals surface area (Å²) in [7, 11) is 0. The molecule has 16 heavy (non-hydrogen) atoms. The van der Waals surface area contributed by atoms with Crippen LogP contribution in [0.1, 0.15) is 41.8 Å². The van der Waals surface area contributed by atoms with Crippen molar-refractivity contribution in [3.63, 3.8) is 0 Å². The molecule has 3 heteroatoms. The summed E-state index contributed by atoms with van der Waals surface area (Å²) in [5.74, 6) is 2.75. The first-order valence-corrected chi connectivity index (χ1v) is 6.47. The molecule has 2 nitrogen and oxygen atoms in total. The van der Waals surface area contributed by atoms with Crippen LogP contribution in [0, 0.1) is 12.3 Å². The summed E-state index contributed by atoms with van der Waals surface area (Å²) < 4.78 is 0. The number of nitrogens with one attached hydrogen (secondary N) is 1. The van der Waals surface area contributed by atoms with Crippen LogP contribution in [0.25, 0.3) is 0 Å². The van der Waals surface area contributed by atoms with Crippen molar-refractivity contribution in [3.8, 4) is 12.3 Å². The normalized spacial score (nSPS) is 18.7. The fourth-order valence-electron chi connectivity index (χ4n) is 2.15. The molecular weight excluding hydrogens is 218 g/mol. The average molecular weight is 233 g/mol. The largest absolute Gasteiger partial charge is 0.335 e. The smallest absolute Gasteiger partial charge is 0.262 e. The summed E-state index contributed by atoms with van der Waals surface area (Å²) in [5, 5.41) is 4.92. The van der Waals surface area contributed by atoms with Crippen molar-refractivity contribution in [2.24, 2.45) is 0 Å². The van der Waals surface area contributed by atoms with Gasteiger partial charge in [-0.2, -0.15) is 0 Å². The van der Waals surface area contributed by atoms with Crippen LogP contribution in [0.2, 0.25) is 0 Å². The molecule has 1 N–H and O–H groups in total. The molecule has 1 fully saturated rings. The van der Waals surface area contributed by atoms with Crippen LogP contribution in [-0.4, -0.2) is 11.4 Å². The molecule has 0 bridgehead atoms. The maximum atomic E-state index is 11.9. The molecule has 1 heterocycles. The molecule has 1 amide bonds. The Morgan fingerprint density at radius 1 is 1.44 bits per heavy atom. The maximum Gasteiger partial charge on any atom is 0.262 e. The Morgan fingerprint density at radius 2 is 2.19 bits per heavy atom. The van der Waals surface area contributed by atoms with E-state index in [9.17, 15) is 4.79 Å². The van der Waals surface area contributed by atoms with Crippen LogP contribution in [0.3, 0.4) is 0 Å². The standard InChI is InChI=1S/C13H15NOS/c1-2-13(8-4-3-5-9-13)14-12(15)11-7-6-10-16-11/h1,6-7,10H,3-5,8-9H2,(H,14,15). The van der Waals surface area contributed by atoms with E-state index < -0.39 is 5.54 Å². The highest BCUT2D eigenvalue weighted by Gasteiger charge is 2.31. The van der Waals surface area contributed by atoms with E-state index in [0.29, 0.717) is 0 Å². The van der Waals surface area contributed by atoms with E-state index in [4.69, 9.17) is 6.42 Å². The topological polar surface area (TPSA) is 29.1 Å². The minimum atomic E-state index is -0.403. The second-order valence-electron chi connectivity index (χ2n) is 4.22. The van der Waals surface area contributed by atoms with Gasteiger partial charge in [0.1, 0.15) is 5.54 Å². The van der Waals surface area contributed by atoms with E-state index in [2.05, 4.69) is 11.2 Å². The zero-order valence-electron chi connectivity index (χ0n) is 9.16. The quantitative estimate of drug-likeness (QED) is 0.782. The molecule has 1 saturated carbocycles. The number of carbonyl (C=O) groups excluding carboxylic acids is 1. The predicted octanol–water partition coefficient (Wildman–Crippen LogP) is 2.81. The van der Waals surface area contributed by atoms with Gasteiger partial charge in [0.2, 0.25) is 0 Å². The molecule has 0 radical (unpaired) electrons. The van der Waals surface area contributed by atoms with Crippen molar-refractivity contribution >= 4 is 17.2 Å². The number of thiophene rings is 1. The van der Waals surface area contributed by atoms with Gasteiger partial charge < -0.3 is 5.32 Å². The lowest BCUT2D eigenvalue weighted by Gasteiger charge is -2.33. The minimum absolute atomic E-state index is 0.0325. The third-order valence-corrected chi connectivity index (χ3v) is 3.95. The maximum absolute atomic E-state index is 11.9. The summed E-state index contributed by atoms with van der Waals surface area (Å²) in [6, 6.07) is 3.70. The Morgan fingerprint density at radius 3 is 2.75 bits per heavy atom. The Hall–Kier alpha value is -1.27. The molecule has 84 valence electrons. The molecule has 1 aromatic heterocycles. The fraction of sp³-hybridized carbons (Fsp3) is 0.462. The fourth-order valence-corrected chi connectivity index (χ4v) is 2.77. The van der Waals surface area contributed by atoms with Gasteiger partial charge in [0, 0.05) is 0 Å². The van der Waals surface area contributed by atoms with Crippen molar-refractivity contribution in [2.75, 3.05) is 0 Å². The minimum Gasteiger partial charge on any atom is -0.335 e. The number of hydrogen-bond acceptors (Lipinski definition) is 2. The Bertz CT molecular complexity index is 396. The van der Waals surface area contributed by atoms with E-state index in [-0.39, 0.29) is 5.91 Å². The average Bonchev–Trinajstić information content (AvgIpc) is 2.84. The number of carbonyl (C=O) groups is 1. The van der Waals surface area contributed by atoms with Crippen LogP contribution in [0.4, 0.5) is 0 Å². The molecule has 0 spiro atoms. The Kier molecular flexibility index (Phi) is 3.31. The zero-order chi connectivity index (χ0) is 11.4. The molecule has 0 aromatic carbocycles. The zero-order valence-corrected chi connectivity index (χ0v) is 9.98. The molecule has 1 aliphatic carbocycles. The summed E-state index contributed by atoms with van der Waals surface area (Å²) in [6.45, 7) is 0. The Balaban J connectivity index is 2.07. The monoisotopic (exact) mass is 233 g/mol. The van der Waals surface area contributed by atoms with Crippen LogP contribution >= 0.6 is 11.3 Å². The highest BCUT2D eigenvalue weighted by Crippen LogP contribution is 2.28. The van der Waals surface area contributed by atoms with Gasteiger partial charge in [0.25, 0.3) is 5.91 Å². The third kappa shape index (κ3) is 2.28. The van der Waals surface area contributed by atoms with Gasteiger partial charge in [-0.3, -0.25) is 4.79 Å². The SMILES string of the molecule is C#CC1(NC(=O)c2cccs2)CCCCC1. The number of terminal acetylenes is 1. The molecule has 1 aromatic rings. The van der Waals surface area contributed by atoms with Crippen molar-refractivity contribution in [2.45, 2.75) is 37.6 Å². The molecule has 0 unspecified atom stereocenters. The predicted molar refractivity (Wildman–Crippen MR) is 66.4 cm³/mol. The highest BCUT2D eigenvalue weighted by molar-refractivity contribution is 7.12. The van der Waals surface area contributed by atoms with E-state index in [0.717, 1.165) is 30.6 Å². The van der Waals surface area contributed by atoms with Crippen molar-refractivity contribution in [1.82, 2.24) is 5.32 Å². The molecule has 0 saturated heterocycles. The molecule has 2 rings (SSSR count). The lowest BCUT2D eigenvalue weighted by Crippen LogP contribution is -2.48. The number of hydrogen-bond donors (Lipinski definition) is 1.